The number of carbonyl (C=O) groups excluding carboxylic acids is 1. The van der Waals surface area contributed by atoms with Gasteiger partial charge in [-0.05, 0) is 50.8 Å². The average molecular weight is 306 g/mol. The Morgan fingerprint density at radius 1 is 1.38 bits per heavy atom. The number of rotatable bonds is 4. The zero-order valence-electron chi connectivity index (χ0n) is 13.2. The third-order valence-electron chi connectivity index (χ3n) is 4.94. The topological polar surface area (TPSA) is 32.3 Å². The van der Waals surface area contributed by atoms with Crippen LogP contribution in [0.4, 0.5) is 0 Å². The van der Waals surface area contributed by atoms with Crippen LogP contribution >= 0.6 is 11.3 Å². The maximum atomic E-state index is 12.5. The molecule has 3 rings (SSSR count). The molecule has 1 N–H and O–H groups in total. The van der Waals surface area contributed by atoms with Crippen molar-refractivity contribution in [1.82, 2.24) is 10.2 Å². The number of amides is 1. The van der Waals surface area contributed by atoms with Crippen LogP contribution < -0.4 is 5.32 Å². The summed E-state index contributed by atoms with van der Waals surface area (Å²) in [6, 6.07) is 3.04. The van der Waals surface area contributed by atoms with Gasteiger partial charge in [0.15, 0.2) is 0 Å². The SMILES string of the molecule is CCCc1cc(C(=O)N[C@@H]2CCN3CCCC[C@H]23)sc1C. The van der Waals surface area contributed by atoms with Crippen LogP contribution in [0.15, 0.2) is 6.07 Å². The van der Waals surface area contributed by atoms with Crippen molar-refractivity contribution in [3.05, 3.63) is 21.4 Å². The van der Waals surface area contributed by atoms with E-state index in [1.165, 1.54) is 36.2 Å². The van der Waals surface area contributed by atoms with E-state index >= 15 is 0 Å². The molecule has 1 aromatic rings. The van der Waals surface area contributed by atoms with Crippen LogP contribution in [0.5, 0.6) is 0 Å². The molecule has 0 aromatic carbocycles. The number of thiophene rings is 1. The molecule has 1 aromatic heterocycles. The summed E-state index contributed by atoms with van der Waals surface area (Å²) < 4.78 is 0. The lowest BCUT2D eigenvalue weighted by molar-refractivity contribution is 0.0919. The first-order valence-corrected chi connectivity index (χ1v) is 9.15. The summed E-state index contributed by atoms with van der Waals surface area (Å²) in [6.45, 7) is 6.69. The molecule has 2 atom stereocenters. The zero-order chi connectivity index (χ0) is 14.8. The highest BCUT2D eigenvalue weighted by atomic mass is 32.1. The van der Waals surface area contributed by atoms with Crippen molar-refractivity contribution in [3.8, 4) is 0 Å². The van der Waals surface area contributed by atoms with Crippen LogP contribution in [-0.2, 0) is 6.42 Å². The third kappa shape index (κ3) is 3.16. The molecule has 2 aliphatic rings. The van der Waals surface area contributed by atoms with E-state index in [1.807, 2.05) is 0 Å². The predicted molar refractivity (Wildman–Crippen MR) is 88.1 cm³/mol. The van der Waals surface area contributed by atoms with Crippen molar-refractivity contribution in [2.75, 3.05) is 13.1 Å². The summed E-state index contributed by atoms with van der Waals surface area (Å²) in [5, 5.41) is 3.31. The smallest absolute Gasteiger partial charge is 0.261 e. The van der Waals surface area contributed by atoms with E-state index in [2.05, 4.69) is 30.1 Å². The first-order chi connectivity index (χ1) is 10.2. The lowest BCUT2D eigenvalue weighted by Crippen LogP contribution is -2.46. The van der Waals surface area contributed by atoms with E-state index < -0.39 is 0 Å². The molecule has 4 heteroatoms. The molecule has 2 saturated heterocycles. The van der Waals surface area contributed by atoms with Crippen LogP contribution in [-0.4, -0.2) is 36.0 Å². The first kappa shape index (κ1) is 15.0. The number of hydrogen-bond acceptors (Lipinski definition) is 3. The summed E-state index contributed by atoms with van der Waals surface area (Å²) in [5.41, 5.74) is 1.35. The predicted octanol–water partition coefficient (Wildman–Crippen LogP) is 3.37. The van der Waals surface area contributed by atoms with Gasteiger partial charge in [0.25, 0.3) is 5.91 Å². The molecule has 2 aliphatic heterocycles. The number of fused-ring (bicyclic) bond motifs is 1. The fraction of sp³-hybridized carbons (Fsp3) is 0.706. The van der Waals surface area contributed by atoms with Gasteiger partial charge in [0, 0.05) is 23.5 Å². The molecular formula is C17H26N2OS. The molecule has 2 fully saturated rings. The fourth-order valence-electron chi connectivity index (χ4n) is 3.80. The molecule has 0 unspecified atom stereocenters. The Kier molecular flexibility index (Phi) is 4.65. The van der Waals surface area contributed by atoms with Crippen molar-refractivity contribution < 1.29 is 4.79 Å². The standard InChI is InChI=1S/C17H26N2OS/c1-3-6-13-11-16(21-12(13)2)17(20)18-14-8-10-19-9-5-4-7-15(14)19/h11,14-15H,3-10H2,1-2H3,(H,18,20)/t14-,15-/m1/s1. The van der Waals surface area contributed by atoms with Crippen LogP contribution in [0.1, 0.15) is 59.1 Å². The minimum absolute atomic E-state index is 0.142. The lowest BCUT2D eigenvalue weighted by atomic mass is 9.99. The Morgan fingerprint density at radius 3 is 3.05 bits per heavy atom. The Hall–Kier alpha value is -0.870. The van der Waals surface area contributed by atoms with E-state index in [9.17, 15) is 4.79 Å². The summed E-state index contributed by atoms with van der Waals surface area (Å²) >= 11 is 1.65. The minimum Gasteiger partial charge on any atom is -0.347 e. The molecule has 0 saturated carbocycles. The van der Waals surface area contributed by atoms with Gasteiger partial charge in [0.2, 0.25) is 0 Å². The molecule has 3 nitrogen and oxygen atoms in total. The van der Waals surface area contributed by atoms with Crippen LogP contribution in [0.2, 0.25) is 0 Å². The largest absolute Gasteiger partial charge is 0.347 e. The summed E-state index contributed by atoms with van der Waals surface area (Å²) in [6.07, 6.45) is 7.21. The quantitative estimate of drug-likeness (QED) is 0.925. The second kappa shape index (κ2) is 6.49. The van der Waals surface area contributed by atoms with Gasteiger partial charge in [-0.3, -0.25) is 9.69 Å². The van der Waals surface area contributed by atoms with Crippen molar-refractivity contribution in [2.45, 2.75) is 64.5 Å². The van der Waals surface area contributed by atoms with Gasteiger partial charge in [-0.1, -0.05) is 19.8 Å². The highest BCUT2D eigenvalue weighted by Gasteiger charge is 2.36. The van der Waals surface area contributed by atoms with Gasteiger partial charge in [-0.15, -0.1) is 11.3 Å². The van der Waals surface area contributed by atoms with Crippen LogP contribution in [0, 0.1) is 6.92 Å². The second-order valence-corrected chi connectivity index (χ2v) is 7.67. The minimum atomic E-state index is 0.142. The van der Waals surface area contributed by atoms with E-state index in [4.69, 9.17) is 0 Å². The fourth-order valence-corrected chi connectivity index (χ4v) is 4.78. The van der Waals surface area contributed by atoms with Gasteiger partial charge < -0.3 is 5.32 Å². The number of piperidine rings is 1. The van der Waals surface area contributed by atoms with Gasteiger partial charge in [0.1, 0.15) is 0 Å². The molecule has 0 radical (unpaired) electrons. The van der Waals surface area contributed by atoms with Gasteiger partial charge in [-0.25, -0.2) is 0 Å². The van der Waals surface area contributed by atoms with Crippen molar-refractivity contribution in [3.63, 3.8) is 0 Å². The Bertz CT molecular complexity index is 511. The molecule has 0 aliphatic carbocycles. The van der Waals surface area contributed by atoms with Gasteiger partial charge in [0.05, 0.1) is 4.88 Å². The van der Waals surface area contributed by atoms with Crippen molar-refractivity contribution in [2.24, 2.45) is 0 Å². The number of aryl methyl sites for hydroxylation is 2. The number of carbonyl (C=O) groups is 1. The molecule has 21 heavy (non-hydrogen) atoms. The zero-order valence-corrected chi connectivity index (χ0v) is 14.0. The maximum absolute atomic E-state index is 12.5. The Labute approximate surface area is 131 Å². The number of nitrogens with zero attached hydrogens (tertiary/aromatic N) is 1. The third-order valence-corrected chi connectivity index (χ3v) is 6.03. The summed E-state index contributed by atoms with van der Waals surface area (Å²) in [5.74, 6) is 0.142. The van der Waals surface area contributed by atoms with E-state index in [0.29, 0.717) is 12.1 Å². The molecule has 0 bridgehead atoms. The highest BCUT2D eigenvalue weighted by Crippen LogP contribution is 2.28. The number of nitrogens with one attached hydrogen (secondary N) is 1. The molecule has 116 valence electrons. The lowest BCUT2D eigenvalue weighted by Gasteiger charge is -2.32. The summed E-state index contributed by atoms with van der Waals surface area (Å²) in [4.78, 5) is 17.3. The van der Waals surface area contributed by atoms with E-state index in [-0.39, 0.29) is 5.91 Å². The molecular weight excluding hydrogens is 280 g/mol. The highest BCUT2D eigenvalue weighted by molar-refractivity contribution is 7.14. The van der Waals surface area contributed by atoms with Crippen molar-refractivity contribution >= 4 is 17.2 Å². The average Bonchev–Trinajstić information content (AvgIpc) is 3.05. The van der Waals surface area contributed by atoms with E-state index in [0.717, 1.165) is 30.7 Å². The Morgan fingerprint density at radius 2 is 2.24 bits per heavy atom. The van der Waals surface area contributed by atoms with E-state index in [1.54, 1.807) is 11.3 Å². The van der Waals surface area contributed by atoms with Gasteiger partial charge >= 0.3 is 0 Å². The number of hydrogen-bond donors (Lipinski definition) is 1. The van der Waals surface area contributed by atoms with Crippen LogP contribution in [0.25, 0.3) is 0 Å². The monoisotopic (exact) mass is 306 g/mol. The maximum Gasteiger partial charge on any atom is 0.261 e. The molecule has 3 heterocycles. The Balaban J connectivity index is 1.64. The van der Waals surface area contributed by atoms with Crippen LogP contribution in [0.3, 0.4) is 0 Å². The van der Waals surface area contributed by atoms with Crippen molar-refractivity contribution in [1.29, 1.82) is 0 Å². The first-order valence-electron chi connectivity index (χ1n) is 8.33. The molecule has 0 spiro atoms. The summed E-state index contributed by atoms with van der Waals surface area (Å²) in [7, 11) is 0. The normalized spacial score (nSPS) is 25.8. The second-order valence-electron chi connectivity index (χ2n) is 6.41. The van der Waals surface area contributed by atoms with Gasteiger partial charge in [-0.2, -0.15) is 0 Å². The molecule has 1 amide bonds.